The maximum absolute atomic E-state index is 6.31. The summed E-state index contributed by atoms with van der Waals surface area (Å²) in [5.74, 6) is 1.10. The Morgan fingerprint density at radius 1 is 1.21 bits per heavy atom. The van der Waals surface area contributed by atoms with Gasteiger partial charge in [0.1, 0.15) is 5.82 Å². The van der Waals surface area contributed by atoms with Crippen LogP contribution in [0.4, 0.5) is 5.82 Å². The Morgan fingerprint density at radius 2 is 1.86 bits per heavy atom. The maximum Gasteiger partial charge on any atom is 0.250 e. The van der Waals surface area contributed by atoms with Crippen molar-refractivity contribution in [1.82, 2.24) is 9.97 Å². The highest BCUT2D eigenvalue weighted by molar-refractivity contribution is 6.74. The molecule has 29 heavy (non-hydrogen) atoms. The molecule has 0 saturated carbocycles. The second kappa shape index (κ2) is 9.22. The Bertz CT molecular complexity index is 909. The van der Waals surface area contributed by atoms with E-state index in [2.05, 4.69) is 57.6 Å². The highest BCUT2D eigenvalue weighted by atomic mass is 28.4. The van der Waals surface area contributed by atoms with Crippen LogP contribution >= 0.6 is 0 Å². The van der Waals surface area contributed by atoms with Gasteiger partial charge in [0.15, 0.2) is 0 Å². The fraction of sp³-hybridized carbons (Fsp3) is 0.333. The Kier molecular flexibility index (Phi) is 7.20. The number of aromatic nitrogens is 2. The molecule has 2 aromatic rings. The molecule has 0 atom stereocenters. The third-order valence-corrected chi connectivity index (χ3v) is 9.63. The van der Waals surface area contributed by atoms with Gasteiger partial charge in [-0.3, -0.25) is 0 Å². The van der Waals surface area contributed by atoms with Gasteiger partial charge in [0.25, 0.3) is 0 Å². The minimum atomic E-state index is -1.95. The Labute approximate surface area is 176 Å². The van der Waals surface area contributed by atoms with Gasteiger partial charge >= 0.3 is 0 Å². The second-order valence-electron chi connectivity index (χ2n) is 8.68. The molecule has 0 spiro atoms. The van der Waals surface area contributed by atoms with Gasteiger partial charge in [0.2, 0.25) is 8.32 Å². The molecule has 2 rings (SSSR count). The number of rotatable bonds is 7. The predicted molar refractivity (Wildman–Crippen MR) is 126 cm³/mol. The minimum Gasteiger partial charge on any atom is -0.544 e. The van der Waals surface area contributed by atoms with Crippen LogP contribution < -0.4 is 5.73 Å². The SMILES string of the molecule is C=C(/C=C(\C=C/C)c1cnc(N)c(Cc2ccccc2)n1)O[Si](C)(C)C(C)(C)C. The van der Waals surface area contributed by atoms with Gasteiger partial charge in [-0.1, -0.05) is 69.8 Å². The van der Waals surface area contributed by atoms with Gasteiger partial charge in [0, 0.05) is 12.0 Å². The first kappa shape index (κ1) is 22.6. The molecule has 4 nitrogen and oxygen atoms in total. The zero-order valence-electron chi connectivity index (χ0n) is 18.5. The van der Waals surface area contributed by atoms with Gasteiger partial charge in [-0.2, -0.15) is 0 Å². The van der Waals surface area contributed by atoms with Crippen molar-refractivity contribution >= 4 is 19.7 Å². The average Bonchev–Trinajstić information content (AvgIpc) is 2.62. The standard InChI is InChI=1S/C24H33N3OSi/c1-8-12-20(15-18(2)28-29(6,7)24(3,4)5)22-17-26-23(25)21(27-22)16-19-13-10-9-11-14-19/h8-15,17H,2,16H2,1,3-7H3,(H2,25,26)/b12-8-,20-15+. The van der Waals surface area contributed by atoms with Crippen LogP contribution in [0.1, 0.15) is 44.6 Å². The zero-order chi connectivity index (χ0) is 21.7. The quantitative estimate of drug-likeness (QED) is 0.340. The van der Waals surface area contributed by atoms with Crippen molar-refractivity contribution in [1.29, 1.82) is 0 Å². The molecular formula is C24H33N3OSi. The van der Waals surface area contributed by atoms with E-state index in [-0.39, 0.29) is 5.04 Å². The molecule has 0 unspecified atom stereocenters. The molecule has 0 aliphatic carbocycles. The molecule has 0 aliphatic heterocycles. The molecule has 1 aromatic heterocycles. The molecular weight excluding hydrogens is 374 g/mol. The number of anilines is 1. The lowest BCUT2D eigenvalue weighted by molar-refractivity contribution is 0.402. The summed E-state index contributed by atoms with van der Waals surface area (Å²) in [6.07, 6.45) is 8.24. The molecule has 0 fully saturated rings. The number of hydrogen-bond donors (Lipinski definition) is 1. The molecule has 2 N–H and O–H groups in total. The van der Waals surface area contributed by atoms with Crippen molar-refractivity contribution < 1.29 is 4.43 Å². The monoisotopic (exact) mass is 407 g/mol. The summed E-state index contributed by atoms with van der Waals surface area (Å²) >= 11 is 0. The molecule has 0 aliphatic rings. The number of nitrogens with two attached hydrogens (primary N) is 1. The van der Waals surface area contributed by atoms with E-state index in [1.54, 1.807) is 6.20 Å². The van der Waals surface area contributed by atoms with E-state index in [0.717, 1.165) is 22.5 Å². The van der Waals surface area contributed by atoms with Crippen LogP contribution in [0.3, 0.4) is 0 Å². The van der Waals surface area contributed by atoms with E-state index >= 15 is 0 Å². The van der Waals surface area contributed by atoms with Gasteiger partial charge in [0.05, 0.1) is 23.3 Å². The van der Waals surface area contributed by atoms with Gasteiger partial charge < -0.3 is 10.2 Å². The number of nitrogen functional groups attached to an aromatic ring is 1. The summed E-state index contributed by atoms with van der Waals surface area (Å²) in [7, 11) is -1.95. The van der Waals surface area contributed by atoms with Crippen LogP contribution in [-0.4, -0.2) is 18.3 Å². The summed E-state index contributed by atoms with van der Waals surface area (Å²) < 4.78 is 6.31. The van der Waals surface area contributed by atoms with E-state index in [1.165, 1.54) is 0 Å². The Morgan fingerprint density at radius 3 is 2.45 bits per heavy atom. The van der Waals surface area contributed by atoms with E-state index in [4.69, 9.17) is 15.1 Å². The highest BCUT2D eigenvalue weighted by Gasteiger charge is 2.39. The number of nitrogens with zero attached hydrogens (tertiary/aromatic N) is 2. The Balaban J connectivity index is 2.34. The first-order valence-corrected chi connectivity index (χ1v) is 12.8. The van der Waals surface area contributed by atoms with Crippen molar-refractivity contribution in [3.63, 3.8) is 0 Å². The number of hydrogen-bond acceptors (Lipinski definition) is 4. The molecule has 0 saturated heterocycles. The van der Waals surface area contributed by atoms with Crippen LogP contribution in [0.25, 0.3) is 5.57 Å². The van der Waals surface area contributed by atoms with Gasteiger partial charge in [-0.05, 0) is 36.7 Å². The third kappa shape index (κ3) is 6.16. The van der Waals surface area contributed by atoms with Crippen molar-refractivity contribution in [2.24, 2.45) is 0 Å². The van der Waals surface area contributed by atoms with Gasteiger partial charge in [-0.15, -0.1) is 0 Å². The molecule has 0 radical (unpaired) electrons. The fourth-order valence-electron chi connectivity index (χ4n) is 2.57. The van der Waals surface area contributed by atoms with Crippen LogP contribution in [0.5, 0.6) is 0 Å². The molecule has 154 valence electrons. The highest BCUT2D eigenvalue weighted by Crippen LogP contribution is 2.38. The summed E-state index contributed by atoms with van der Waals surface area (Å²) in [5, 5.41) is 0.106. The minimum absolute atomic E-state index is 0.106. The first-order valence-electron chi connectivity index (χ1n) is 9.91. The lowest BCUT2D eigenvalue weighted by atomic mass is 10.1. The summed E-state index contributed by atoms with van der Waals surface area (Å²) in [5.41, 5.74) is 9.66. The lowest BCUT2D eigenvalue weighted by Crippen LogP contribution is -2.40. The number of benzene rings is 1. The molecule has 1 aromatic carbocycles. The molecule has 0 bridgehead atoms. The zero-order valence-corrected chi connectivity index (χ0v) is 19.5. The molecule has 0 amide bonds. The third-order valence-electron chi connectivity index (χ3n) is 5.24. The van der Waals surface area contributed by atoms with Crippen LogP contribution in [0.2, 0.25) is 18.1 Å². The summed E-state index contributed by atoms with van der Waals surface area (Å²) in [6.45, 7) is 17.2. The van der Waals surface area contributed by atoms with Crippen molar-refractivity contribution in [3.8, 4) is 0 Å². The van der Waals surface area contributed by atoms with Gasteiger partial charge in [-0.25, -0.2) is 9.97 Å². The molecule has 1 heterocycles. The van der Waals surface area contributed by atoms with Crippen molar-refractivity contribution in [2.45, 2.75) is 52.2 Å². The number of allylic oxidation sites excluding steroid dienone is 4. The smallest absolute Gasteiger partial charge is 0.250 e. The van der Waals surface area contributed by atoms with Crippen LogP contribution in [0.15, 0.2) is 67.1 Å². The second-order valence-corrected chi connectivity index (χ2v) is 13.4. The van der Waals surface area contributed by atoms with E-state index < -0.39 is 8.32 Å². The van der Waals surface area contributed by atoms with E-state index in [0.29, 0.717) is 18.0 Å². The molecule has 5 heteroatoms. The lowest BCUT2D eigenvalue weighted by Gasteiger charge is -2.36. The summed E-state index contributed by atoms with van der Waals surface area (Å²) in [4.78, 5) is 9.17. The van der Waals surface area contributed by atoms with E-state index in [9.17, 15) is 0 Å². The fourth-order valence-corrected chi connectivity index (χ4v) is 3.59. The van der Waals surface area contributed by atoms with Crippen molar-refractivity contribution in [2.75, 3.05) is 5.73 Å². The first-order chi connectivity index (χ1) is 13.5. The summed E-state index contributed by atoms with van der Waals surface area (Å²) in [6, 6.07) is 10.1. The average molecular weight is 408 g/mol. The largest absolute Gasteiger partial charge is 0.544 e. The van der Waals surface area contributed by atoms with E-state index in [1.807, 2.05) is 43.4 Å². The maximum atomic E-state index is 6.31. The normalized spacial score (nSPS) is 13.0. The van der Waals surface area contributed by atoms with Crippen LogP contribution in [0, 0.1) is 0 Å². The topological polar surface area (TPSA) is 61.0 Å². The predicted octanol–water partition coefficient (Wildman–Crippen LogP) is 6.14. The van der Waals surface area contributed by atoms with Crippen LogP contribution in [-0.2, 0) is 10.8 Å². The Hall–Kier alpha value is -2.66. The van der Waals surface area contributed by atoms with Crippen molar-refractivity contribution in [3.05, 3.63) is 84.0 Å².